The van der Waals surface area contributed by atoms with E-state index in [4.69, 9.17) is 5.73 Å². The molecule has 2 fully saturated rings. The second-order valence-corrected chi connectivity index (χ2v) is 8.93. The smallest absolute Gasteiger partial charge is 0.235 e. The van der Waals surface area contributed by atoms with Gasteiger partial charge in [0.25, 0.3) is 0 Å². The molecule has 0 bridgehead atoms. The van der Waals surface area contributed by atoms with E-state index in [0.717, 1.165) is 0 Å². The van der Waals surface area contributed by atoms with E-state index in [2.05, 4.69) is 0 Å². The Balaban J connectivity index is 1.86. The Hall–Kier alpha value is -3.20. The first-order chi connectivity index (χ1) is 14.9. The first-order valence-corrected chi connectivity index (χ1v) is 10.5. The first kappa shape index (κ1) is 22.0. The van der Waals surface area contributed by atoms with Crippen LogP contribution in [0.1, 0.15) is 58.5 Å². The number of aryl methyl sites for hydroxylation is 1. The normalized spacial score (nSPS) is 31.6. The van der Waals surface area contributed by atoms with E-state index in [-0.39, 0.29) is 30.4 Å². The van der Waals surface area contributed by atoms with E-state index in [9.17, 15) is 39.0 Å². The fourth-order valence-electron chi connectivity index (χ4n) is 5.70. The second kappa shape index (κ2) is 7.16. The van der Waals surface area contributed by atoms with Gasteiger partial charge in [0.1, 0.15) is 5.75 Å². The molecular weight excluding hydrogens is 418 g/mol. The van der Waals surface area contributed by atoms with Crippen molar-refractivity contribution in [3.8, 4) is 5.75 Å². The summed E-state index contributed by atoms with van der Waals surface area (Å²) in [5.41, 5.74) is 3.52. The molecule has 168 valence electrons. The predicted molar refractivity (Wildman–Crippen MR) is 108 cm³/mol. The number of benzene rings is 1. The Morgan fingerprint density at radius 3 is 2.38 bits per heavy atom. The molecular formula is C23H23NO8. The zero-order chi connectivity index (χ0) is 23.7. The first-order valence-electron chi connectivity index (χ1n) is 10.5. The van der Waals surface area contributed by atoms with Crippen LogP contribution in [0.15, 0.2) is 6.07 Å². The summed E-state index contributed by atoms with van der Waals surface area (Å²) in [6, 6.07) is 1.54. The Morgan fingerprint density at radius 1 is 1.16 bits per heavy atom. The number of carbonyl (C=O) groups excluding carboxylic acids is 6. The van der Waals surface area contributed by atoms with Gasteiger partial charge in [-0.2, -0.15) is 0 Å². The maximum Gasteiger partial charge on any atom is 0.235 e. The standard InChI is InChI=1S/C23H23NO8/c1-3-9-5-12(8(2)25)18(27)16-13(9)6-10-4-11-7-14(26)17(22(24)31)21(30)23(11,32)20(29)15(10)19(16)28/h5,10-11,15,17,27,32H,3-4,6-7H2,1-2H3,(H2,24,31)/t10-,11+,15?,17?,23+/m1/s1. The summed E-state index contributed by atoms with van der Waals surface area (Å²) >= 11 is 0. The number of nitrogens with two attached hydrogens (primary N) is 1. The minimum absolute atomic E-state index is 0.0411. The van der Waals surface area contributed by atoms with E-state index >= 15 is 0 Å². The van der Waals surface area contributed by atoms with Gasteiger partial charge in [0.2, 0.25) is 5.91 Å². The van der Waals surface area contributed by atoms with Crippen LogP contribution in [0.5, 0.6) is 5.75 Å². The maximum atomic E-state index is 13.5. The third kappa shape index (κ3) is 2.73. The molecule has 0 aromatic heterocycles. The molecule has 4 rings (SSSR count). The van der Waals surface area contributed by atoms with Gasteiger partial charge in [-0.25, -0.2) is 0 Å². The van der Waals surface area contributed by atoms with E-state index in [0.29, 0.717) is 17.5 Å². The van der Waals surface area contributed by atoms with Gasteiger partial charge in [-0.1, -0.05) is 6.92 Å². The number of carbonyl (C=O) groups is 6. The number of primary amides is 1. The summed E-state index contributed by atoms with van der Waals surface area (Å²) in [6.07, 6.45) is 0.354. The molecule has 32 heavy (non-hydrogen) atoms. The highest BCUT2D eigenvalue weighted by molar-refractivity contribution is 6.31. The van der Waals surface area contributed by atoms with Crippen LogP contribution in [0.2, 0.25) is 0 Å². The third-order valence-electron chi connectivity index (χ3n) is 7.25. The lowest BCUT2D eigenvalue weighted by Gasteiger charge is -2.48. The molecule has 1 aromatic carbocycles. The van der Waals surface area contributed by atoms with Gasteiger partial charge in [-0.3, -0.25) is 28.8 Å². The Kier molecular flexibility index (Phi) is 4.93. The van der Waals surface area contributed by atoms with Crippen molar-refractivity contribution in [3.05, 3.63) is 28.3 Å². The monoisotopic (exact) mass is 441 g/mol. The molecule has 4 N–H and O–H groups in total. The Bertz CT molecular complexity index is 1140. The molecule has 0 radical (unpaired) electrons. The van der Waals surface area contributed by atoms with Gasteiger partial charge < -0.3 is 15.9 Å². The number of rotatable bonds is 3. The zero-order valence-electron chi connectivity index (χ0n) is 17.6. The fourth-order valence-corrected chi connectivity index (χ4v) is 5.70. The number of aliphatic hydroxyl groups is 1. The lowest BCUT2D eigenvalue weighted by Crippen LogP contribution is -2.68. The van der Waals surface area contributed by atoms with Crippen molar-refractivity contribution >= 4 is 34.8 Å². The summed E-state index contributed by atoms with van der Waals surface area (Å²) in [5, 5.41) is 21.8. The summed E-state index contributed by atoms with van der Waals surface area (Å²) < 4.78 is 0. The van der Waals surface area contributed by atoms with Gasteiger partial charge in [0.15, 0.2) is 40.4 Å². The number of hydrogen-bond acceptors (Lipinski definition) is 8. The molecule has 2 saturated carbocycles. The van der Waals surface area contributed by atoms with Gasteiger partial charge in [0, 0.05) is 12.3 Å². The molecule has 9 nitrogen and oxygen atoms in total. The molecule has 0 heterocycles. The minimum atomic E-state index is -2.68. The average Bonchev–Trinajstić information content (AvgIpc) is 2.70. The number of Topliss-reactive ketones (excluding diaryl/α,β-unsaturated/α-hetero) is 5. The molecule has 3 aliphatic rings. The van der Waals surface area contributed by atoms with Crippen molar-refractivity contribution in [1.82, 2.24) is 0 Å². The number of ketones is 5. The third-order valence-corrected chi connectivity index (χ3v) is 7.25. The van der Waals surface area contributed by atoms with Crippen LogP contribution in [-0.4, -0.2) is 50.6 Å². The van der Waals surface area contributed by atoms with Gasteiger partial charge in [-0.15, -0.1) is 0 Å². The molecule has 0 spiro atoms. The van der Waals surface area contributed by atoms with Crippen LogP contribution in [0.3, 0.4) is 0 Å². The summed E-state index contributed by atoms with van der Waals surface area (Å²) in [4.78, 5) is 75.7. The Morgan fingerprint density at radius 2 is 1.81 bits per heavy atom. The van der Waals surface area contributed by atoms with E-state index < -0.39 is 69.8 Å². The average molecular weight is 441 g/mol. The molecule has 9 heteroatoms. The number of hydrogen-bond donors (Lipinski definition) is 3. The second-order valence-electron chi connectivity index (χ2n) is 8.93. The highest BCUT2D eigenvalue weighted by atomic mass is 16.3. The van der Waals surface area contributed by atoms with Gasteiger partial charge >= 0.3 is 0 Å². The summed E-state index contributed by atoms with van der Waals surface area (Å²) in [7, 11) is 0. The topological polar surface area (TPSA) is 169 Å². The van der Waals surface area contributed by atoms with E-state index in [1.165, 1.54) is 13.0 Å². The molecule has 0 aliphatic heterocycles. The highest BCUT2D eigenvalue weighted by Gasteiger charge is 2.66. The lowest BCUT2D eigenvalue weighted by atomic mass is 9.53. The fraction of sp³-hybridized carbons (Fsp3) is 0.478. The van der Waals surface area contributed by atoms with Crippen molar-refractivity contribution in [1.29, 1.82) is 0 Å². The summed E-state index contributed by atoms with van der Waals surface area (Å²) in [6.45, 7) is 3.08. The van der Waals surface area contributed by atoms with E-state index in [1.54, 1.807) is 0 Å². The SMILES string of the molecule is CCc1cc(C(C)=O)c(O)c2c1C[C@H]1C[C@H]3CC(=O)C(C(N)=O)C(=O)[C@@]3(O)C(=O)C1C2=O. The molecule has 2 unspecified atom stereocenters. The van der Waals surface area contributed by atoms with Crippen LogP contribution < -0.4 is 5.73 Å². The number of aromatic hydroxyl groups is 1. The van der Waals surface area contributed by atoms with Crippen LogP contribution in [0.4, 0.5) is 0 Å². The Labute approximate surface area is 183 Å². The predicted octanol–water partition coefficient (Wildman–Crippen LogP) is 0.0919. The lowest BCUT2D eigenvalue weighted by molar-refractivity contribution is -0.175. The van der Waals surface area contributed by atoms with Crippen LogP contribution in [0, 0.1) is 23.7 Å². The van der Waals surface area contributed by atoms with Crippen LogP contribution in [0.25, 0.3) is 0 Å². The maximum absolute atomic E-state index is 13.5. The number of fused-ring (bicyclic) bond motifs is 3. The zero-order valence-corrected chi connectivity index (χ0v) is 17.6. The number of amides is 1. The quantitative estimate of drug-likeness (QED) is 0.438. The van der Waals surface area contributed by atoms with Crippen molar-refractivity contribution < 1.29 is 39.0 Å². The number of phenolic OH excluding ortho intramolecular Hbond substituents is 1. The molecule has 3 aliphatic carbocycles. The highest BCUT2D eigenvalue weighted by Crippen LogP contribution is 2.50. The van der Waals surface area contributed by atoms with E-state index in [1.807, 2.05) is 6.92 Å². The van der Waals surface area contributed by atoms with Crippen molar-refractivity contribution in [2.24, 2.45) is 29.4 Å². The van der Waals surface area contributed by atoms with Gasteiger partial charge in [0.05, 0.1) is 17.0 Å². The van der Waals surface area contributed by atoms with Crippen molar-refractivity contribution in [2.45, 2.75) is 45.1 Å². The largest absolute Gasteiger partial charge is 0.506 e. The summed E-state index contributed by atoms with van der Waals surface area (Å²) in [5.74, 6) is -11.1. The molecule has 5 atom stereocenters. The van der Waals surface area contributed by atoms with Crippen molar-refractivity contribution in [3.63, 3.8) is 0 Å². The van der Waals surface area contributed by atoms with Crippen LogP contribution >= 0.6 is 0 Å². The molecule has 1 amide bonds. The minimum Gasteiger partial charge on any atom is -0.506 e. The van der Waals surface area contributed by atoms with Gasteiger partial charge in [-0.05, 0) is 49.3 Å². The number of phenols is 1. The molecule has 1 aromatic rings. The molecule has 0 saturated heterocycles. The van der Waals surface area contributed by atoms with Crippen LogP contribution in [-0.2, 0) is 32.0 Å². The van der Waals surface area contributed by atoms with Crippen molar-refractivity contribution in [2.75, 3.05) is 0 Å².